The highest BCUT2D eigenvalue weighted by molar-refractivity contribution is 7.80. The van der Waals surface area contributed by atoms with Gasteiger partial charge in [-0.1, -0.05) is 48.5 Å². The predicted octanol–water partition coefficient (Wildman–Crippen LogP) is 4.10. The van der Waals surface area contributed by atoms with Crippen molar-refractivity contribution in [1.29, 1.82) is 0 Å². The minimum Gasteiger partial charge on any atom is -0.755 e. The summed E-state index contributed by atoms with van der Waals surface area (Å²) in [5.41, 5.74) is 11.5. The predicted molar refractivity (Wildman–Crippen MR) is 131 cm³/mol. The molecule has 0 saturated carbocycles. The monoisotopic (exact) mass is 475 g/mol. The van der Waals surface area contributed by atoms with Gasteiger partial charge in [-0.25, -0.2) is 9.48 Å². The molecule has 8 nitrogen and oxygen atoms in total. The Morgan fingerprint density at radius 2 is 1.82 bits per heavy atom. The molecule has 0 aliphatic rings. The second-order valence-electron chi connectivity index (χ2n) is 7.47. The lowest BCUT2D eigenvalue weighted by Crippen LogP contribution is -2.07. The smallest absolute Gasteiger partial charge is 0.338 e. The maximum absolute atomic E-state index is 12.2. The zero-order valence-electron chi connectivity index (χ0n) is 18.4. The lowest BCUT2D eigenvalue weighted by molar-refractivity contribution is 0.0526. The molecule has 4 aromatic rings. The van der Waals surface area contributed by atoms with Crippen LogP contribution in [0.5, 0.6) is 0 Å². The van der Waals surface area contributed by atoms with Gasteiger partial charge in [-0.2, -0.15) is 5.10 Å². The van der Waals surface area contributed by atoms with E-state index in [0.717, 1.165) is 22.4 Å². The van der Waals surface area contributed by atoms with E-state index in [1.54, 1.807) is 41.9 Å². The molecule has 34 heavy (non-hydrogen) atoms. The molecule has 0 aliphatic heterocycles. The van der Waals surface area contributed by atoms with Gasteiger partial charge in [0.25, 0.3) is 0 Å². The molecule has 1 atom stereocenters. The minimum absolute atomic E-state index is 0.286. The van der Waals surface area contributed by atoms with Crippen molar-refractivity contribution in [2.75, 3.05) is 17.1 Å². The summed E-state index contributed by atoms with van der Waals surface area (Å²) in [6.45, 7) is 2.04. The Morgan fingerprint density at radius 3 is 2.50 bits per heavy atom. The molecule has 0 bridgehead atoms. The Labute approximate surface area is 199 Å². The number of ether oxygens (including phenoxy) is 1. The van der Waals surface area contributed by atoms with Crippen LogP contribution in [-0.2, 0) is 22.4 Å². The van der Waals surface area contributed by atoms with E-state index in [4.69, 9.17) is 15.6 Å². The number of hydrogen-bond donors (Lipinski definition) is 2. The quantitative estimate of drug-likeness (QED) is 0.292. The number of rotatable bonds is 8. The lowest BCUT2D eigenvalue weighted by atomic mass is 10.0. The van der Waals surface area contributed by atoms with Gasteiger partial charge < -0.3 is 19.7 Å². The molecule has 1 heterocycles. The van der Waals surface area contributed by atoms with Crippen LogP contribution in [0.1, 0.15) is 28.4 Å². The van der Waals surface area contributed by atoms with E-state index in [9.17, 15) is 13.6 Å². The highest BCUT2D eigenvalue weighted by Gasteiger charge is 2.19. The highest BCUT2D eigenvalue weighted by atomic mass is 32.2. The van der Waals surface area contributed by atoms with Crippen molar-refractivity contribution in [3.8, 4) is 16.9 Å². The van der Waals surface area contributed by atoms with E-state index in [2.05, 4.69) is 4.72 Å². The number of anilines is 2. The summed E-state index contributed by atoms with van der Waals surface area (Å²) < 4.78 is 30.8. The van der Waals surface area contributed by atoms with Gasteiger partial charge in [0.2, 0.25) is 0 Å². The third kappa shape index (κ3) is 5.16. The topological polar surface area (TPSA) is 122 Å². The number of aromatic nitrogens is 2. The number of benzene rings is 3. The number of nitrogen functional groups attached to an aromatic ring is 1. The summed E-state index contributed by atoms with van der Waals surface area (Å²) in [6, 6.07) is 23.7. The molecule has 0 aliphatic carbocycles. The van der Waals surface area contributed by atoms with Crippen molar-refractivity contribution >= 4 is 28.7 Å². The van der Waals surface area contributed by atoms with Crippen LogP contribution in [0, 0.1) is 0 Å². The maximum atomic E-state index is 12.2. The second-order valence-corrected chi connectivity index (χ2v) is 8.15. The summed E-state index contributed by atoms with van der Waals surface area (Å²) in [4.78, 5) is 12.2. The fourth-order valence-corrected chi connectivity index (χ4v) is 3.96. The van der Waals surface area contributed by atoms with Gasteiger partial charge in [0.05, 0.1) is 23.6 Å². The van der Waals surface area contributed by atoms with E-state index >= 15 is 0 Å². The van der Waals surface area contributed by atoms with Crippen molar-refractivity contribution < 1.29 is 18.3 Å². The molecule has 0 radical (unpaired) electrons. The summed E-state index contributed by atoms with van der Waals surface area (Å²) in [6.07, 6.45) is 0.481. The first-order valence-electron chi connectivity index (χ1n) is 10.6. The highest BCUT2D eigenvalue weighted by Crippen LogP contribution is 2.31. The first-order valence-corrected chi connectivity index (χ1v) is 11.7. The zero-order valence-corrected chi connectivity index (χ0v) is 19.2. The van der Waals surface area contributed by atoms with Crippen LogP contribution < -0.4 is 10.5 Å². The van der Waals surface area contributed by atoms with E-state index in [1.165, 1.54) is 0 Å². The van der Waals surface area contributed by atoms with Crippen LogP contribution in [0.2, 0.25) is 0 Å². The number of carbonyl (C=O) groups is 1. The molecule has 4 rings (SSSR count). The average Bonchev–Trinajstić information content (AvgIpc) is 3.17. The second kappa shape index (κ2) is 10.3. The largest absolute Gasteiger partial charge is 0.755 e. The summed E-state index contributed by atoms with van der Waals surface area (Å²) in [5, 5.41) is 4.80. The molecule has 1 aromatic heterocycles. The van der Waals surface area contributed by atoms with Crippen molar-refractivity contribution in [3.05, 3.63) is 95.6 Å². The fraction of sp³-hybridized carbons (Fsp3) is 0.120. The number of hydrogen-bond acceptors (Lipinski definition) is 6. The first kappa shape index (κ1) is 23.2. The van der Waals surface area contributed by atoms with Gasteiger partial charge in [0.1, 0.15) is 5.82 Å². The number of carbonyl (C=O) groups excluding carboxylic acids is 1. The average molecular weight is 476 g/mol. The molecule has 0 amide bonds. The van der Waals surface area contributed by atoms with Gasteiger partial charge in [0, 0.05) is 34.5 Å². The lowest BCUT2D eigenvalue weighted by Gasteiger charge is -2.10. The molecular formula is C25H23N4O4S-. The molecule has 1 unspecified atom stereocenters. The maximum Gasteiger partial charge on any atom is 0.338 e. The molecule has 174 valence electrons. The van der Waals surface area contributed by atoms with Crippen LogP contribution in [0.15, 0.2) is 78.9 Å². The third-order valence-corrected chi connectivity index (χ3v) is 5.61. The Morgan fingerprint density at radius 1 is 1.09 bits per heavy atom. The van der Waals surface area contributed by atoms with E-state index in [-0.39, 0.29) is 6.61 Å². The van der Waals surface area contributed by atoms with Gasteiger partial charge in [-0.15, -0.1) is 0 Å². The first-order chi connectivity index (χ1) is 16.5. The van der Waals surface area contributed by atoms with Crippen molar-refractivity contribution in [2.24, 2.45) is 0 Å². The van der Waals surface area contributed by atoms with Crippen LogP contribution in [-0.4, -0.2) is 31.1 Å². The van der Waals surface area contributed by atoms with Gasteiger partial charge in [0.15, 0.2) is 0 Å². The van der Waals surface area contributed by atoms with Crippen molar-refractivity contribution in [3.63, 3.8) is 0 Å². The minimum atomic E-state index is -2.38. The van der Waals surface area contributed by atoms with E-state index in [1.807, 2.05) is 48.5 Å². The molecule has 0 fully saturated rings. The van der Waals surface area contributed by atoms with Gasteiger partial charge in [-0.3, -0.25) is 4.21 Å². The molecule has 0 saturated heterocycles. The Kier molecular flexibility index (Phi) is 7.05. The normalized spacial score (nSPS) is 11.7. The Bertz CT molecular complexity index is 1320. The van der Waals surface area contributed by atoms with E-state index < -0.39 is 17.2 Å². The molecular weight excluding hydrogens is 452 g/mol. The summed E-state index contributed by atoms with van der Waals surface area (Å²) in [7, 11) is 0. The van der Waals surface area contributed by atoms with Crippen LogP contribution in [0.25, 0.3) is 16.9 Å². The third-order valence-electron chi connectivity index (χ3n) is 5.21. The number of nitrogens with zero attached hydrogens (tertiary/aromatic N) is 2. The molecule has 0 spiro atoms. The van der Waals surface area contributed by atoms with Crippen molar-refractivity contribution in [2.45, 2.75) is 13.3 Å². The molecule has 3 N–H and O–H groups in total. The zero-order chi connectivity index (χ0) is 24.1. The molecule has 3 aromatic carbocycles. The number of nitrogens with one attached hydrogen (secondary N) is 1. The van der Waals surface area contributed by atoms with Gasteiger partial charge >= 0.3 is 5.97 Å². The standard InChI is InChI=1S/C25H24N4O4S/c1-2-33-25(30)19-9-6-10-21(16-19)29-24(26)22(23(27-29)18-7-4-3-5-8-18)15-17-11-13-20(14-12-17)28-34(31)32/h3-14,16,28H,2,15,26H2,1H3,(H,31,32)/p-1. The SMILES string of the molecule is CCOC(=O)c1cccc(-n2nc(-c3ccccc3)c(Cc3ccc(NS(=O)[O-])cc3)c2N)c1. The summed E-state index contributed by atoms with van der Waals surface area (Å²) >= 11 is -2.38. The summed E-state index contributed by atoms with van der Waals surface area (Å²) in [5.74, 6) is 0.0361. The number of nitrogens with two attached hydrogens (primary N) is 1. The van der Waals surface area contributed by atoms with Crippen LogP contribution >= 0.6 is 0 Å². The van der Waals surface area contributed by atoms with Crippen LogP contribution in [0.4, 0.5) is 11.5 Å². The Balaban J connectivity index is 1.75. The molecule has 9 heteroatoms. The fourth-order valence-electron chi connectivity index (χ4n) is 3.63. The Hall–Kier alpha value is -3.95. The van der Waals surface area contributed by atoms with Crippen LogP contribution in [0.3, 0.4) is 0 Å². The van der Waals surface area contributed by atoms with E-state index in [0.29, 0.717) is 29.2 Å². The van der Waals surface area contributed by atoms with Crippen molar-refractivity contribution in [1.82, 2.24) is 9.78 Å². The van der Waals surface area contributed by atoms with Gasteiger partial charge in [-0.05, 0) is 42.8 Å². The number of esters is 1.